The number of nitrogens with zero attached hydrogens (tertiary/aromatic N) is 5. The lowest BCUT2D eigenvalue weighted by Crippen LogP contribution is -2.38. The molecule has 4 heterocycles. The number of hydrogen-bond acceptors (Lipinski definition) is 7. The minimum atomic E-state index is -0.128. The highest BCUT2D eigenvalue weighted by atomic mass is 16.4. The van der Waals surface area contributed by atoms with Gasteiger partial charge in [-0.2, -0.15) is 15.3 Å². The fourth-order valence-electron chi connectivity index (χ4n) is 3.98. The minimum absolute atomic E-state index is 0.0248. The van der Waals surface area contributed by atoms with E-state index in [9.17, 15) is 10.1 Å². The number of hydrogen-bond donors (Lipinski definition) is 1. The van der Waals surface area contributed by atoms with Crippen molar-refractivity contribution in [2.45, 2.75) is 19.4 Å². The second-order valence-corrected chi connectivity index (χ2v) is 7.92. The van der Waals surface area contributed by atoms with E-state index in [1.807, 2.05) is 41.4 Å². The first-order valence-corrected chi connectivity index (χ1v) is 10.8. The monoisotopic (exact) mass is 442 g/mol. The van der Waals surface area contributed by atoms with E-state index in [0.29, 0.717) is 49.8 Å². The van der Waals surface area contributed by atoms with E-state index in [4.69, 9.17) is 8.83 Å². The molecular weight excluding hydrogens is 420 g/mol. The lowest BCUT2D eigenvalue weighted by atomic mass is 9.96. The summed E-state index contributed by atoms with van der Waals surface area (Å²) in [7, 11) is 0. The molecule has 3 aromatic heterocycles. The highest BCUT2D eigenvalue weighted by Crippen LogP contribution is 2.31. The standard InChI is InChI=1S/C24H22N6O3/c25-13-20-24(33-23(28-20)21-7-4-12-32-21)29-10-8-18(9-11-29)22(31)27-19-14-26-30(16-19)15-17-5-2-1-3-6-17/h1-7,12,14,16,18H,8-11,15H2,(H,27,31). The van der Waals surface area contributed by atoms with Gasteiger partial charge in [-0.05, 0) is 30.5 Å². The van der Waals surface area contributed by atoms with Crippen molar-refractivity contribution in [2.75, 3.05) is 23.3 Å². The van der Waals surface area contributed by atoms with Crippen LogP contribution in [0.4, 0.5) is 11.6 Å². The zero-order chi connectivity index (χ0) is 22.6. The van der Waals surface area contributed by atoms with Gasteiger partial charge >= 0.3 is 0 Å². The van der Waals surface area contributed by atoms with Gasteiger partial charge in [0.2, 0.25) is 17.5 Å². The van der Waals surface area contributed by atoms with E-state index in [2.05, 4.69) is 21.5 Å². The number of piperidine rings is 1. The van der Waals surface area contributed by atoms with E-state index >= 15 is 0 Å². The molecule has 33 heavy (non-hydrogen) atoms. The van der Waals surface area contributed by atoms with Crippen LogP contribution in [0.5, 0.6) is 0 Å². The molecule has 166 valence electrons. The van der Waals surface area contributed by atoms with Gasteiger partial charge in [0.1, 0.15) is 6.07 Å². The van der Waals surface area contributed by atoms with E-state index < -0.39 is 0 Å². The topological polar surface area (TPSA) is 113 Å². The molecule has 1 aromatic carbocycles. The van der Waals surface area contributed by atoms with E-state index in [-0.39, 0.29) is 23.4 Å². The first-order chi connectivity index (χ1) is 16.2. The van der Waals surface area contributed by atoms with Gasteiger partial charge in [-0.25, -0.2) is 0 Å². The van der Waals surface area contributed by atoms with Crippen LogP contribution >= 0.6 is 0 Å². The lowest BCUT2D eigenvalue weighted by molar-refractivity contribution is -0.120. The number of nitrogens with one attached hydrogen (secondary N) is 1. The lowest BCUT2D eigenvalue weighted by Gasteiger charge is -2.30. The van der Waals surface area contributed by atoms with Crippen molar-refractivity contribution in [2.24, 2.45) is 5.92 Å². The first-order valence-electron chi connectivity index (χ1n) is 10.8. The number of aromatic nitrogens is 3. The van der Waals surface area contributed by atoms with Crippen LogP contribution in [0.15, 0.2) is 70.0 Å². The van der Waals surface area contributed by atoms with Crippen LogP contribution in [0.3, 0.4) is 0 Å². The number of nitriles is 1. The summed E-state index contributed by atoms with van der Waals surface area (Å²) in [6, 6.07) is 15.6. The summed E-state index contributed by atoms with van der Waals surface area (Å²) in [5.74, 6) is 1.02. The zero-order valence-corrected chi connectivity index (χ0v) is 17.8. The maximum atomic E-state index is 12.8. The predicted octanol–water partition coefficient (Wildman–Crippen LogP) is 3.91. The maximum absolute atomic E-state index is 12.8. The molecule has 4 aromatic rings. The van der Waals surface area contributed by atoms with Crippen LogP contribution in [0.1, 0.15) is 24.1 Å². The Labute approximate surface area is 190 Å². The molecule has 0 radical (unpaired) electrons. The van der Waals surface area contributed by atoms with Gasteiger partial charge in [0.25, 0.3) is 5.89 Å². The molecule has 0 atom stereocenters. The average molecular weight is 442 g/mol. The number of oxazole rings is 1. The second-order valence-electron chi connectivity index (χ2n) is 7.92. The molecule has 0 spiro atoms. The van der Waals surface area contributed by atoms with Crippen LogP contribution < -0.4 is 10.2 Å². The van der Waals surface area contributed by atoms with Crippen molar-refractivity contribution in [3.05, 3.63) is 72.4 Å². The molecule has 0 bridgehead atoms. The molecule has 0 unspecified atom stereocenters. The number of rotatable bonds is 6. The smallest absolute Gasteiger partial charge is 0.266 e. The fourth-order valence-corrected chi connectivity index (χ4v) is 3.98. The van der Waals surface area contributed by atoms with Crippen molar-refractivity contribution in [3.63, 3.8) is 0 Å². The molecule has 1 aliphatic rings. The molecule has 1 saturated heterocycles. The van der Waals surface area contributed by atoms with Crippen LogP contribution in [0, 0.1) is 17.2 Å². The predicted molar refractivity (Wildman–Crippen MR) is 120 cm³/mol. The van der Waals surface area contributed by atoms with Gasteiger partial charge in [0, 0.05) is 25.2 Å². The number of carbonyl (C=O) groups is 1. The number of furan rings is 1. The fraction of sp³-hybridized carbons (Fsp3) is 0.250. The summed E-state index contributed by atoms with van der Waals surface area (Å²) in [5.41, 5.74) is 2.05. The summed E-state index contributed by atoms with van der Waals surface area (Å²) < 4.78 is 12.9. The van der Waals surface area contributed by atoms with Gasteiger partial charge in [-0.1, -0.05) is 30.3 Å². The highest BCUT2D eigenvalue weighted by Gasteiger charge is 2.29. The van der Waals surface area contributed by atoms with Gasteiger partial charge in [0.05, 0.1) is 24.7 Å². The Bertz CT molecular complexity index is 1260. The summed E-state index contributed by atoms with van der Waals surface area (Å²) in [6.07, 6.45) is 6.32. The first kappa shape index (κ1) is 20.6. The third-order valence-corrected chi connectivity index (χ3v) is 5.69. The Balaban J connectivity index is 1.18. The Hall–Kier alpha value is -4.32. The Morgan fingerprint density at radius 3 is 2.73 bits per heavy atom. The Kier molecular flexibility index (Phi) is 5.64. The third kappa shape index (κ3) is 4.50. The van der Waals surface area contributed by atoms with Crippen molar-refractivity contribution in [1.29, 1.82) is 5.26 Å². The molecule has 9 nitrogen and oxygen atoms in total. The summed E-state index contributed by atoms with van der Waals surface area (Å²) in [5, 5.41) is 16.8. The number of benzene rings is 1. The molecule has 5 rings (SSSR count). The second kappa shape index (κ2) is 9.04. The van der Waals surface area contributed by atoms with Crippen molar-refractivity contribution < 1.29 is 13.6 Å². The highest BCUT2D eigenvalue weighted by molar-refractivity contribution is 5.92. The van der Waals surface area contributed by atoms with Crippen molar-refractivity contribution in [1.82, 2.24) is 14.8 Å². The number of amides is 1. The van der Waals surface area contributed by atoms with E-state index in [1.54, 1.807) is 23.0 Å². The van der Waals surface area contributed by atoms with Crippen LogP contribution in [-0.2, 0) is 11.3 Å². The van der Waals surface area contributed by atoms with Crippen LogP contribution in [0.25, 0.3) is 11.7 Å². The van der Waals surface area contributed by atoms with Crippen molar-refractivity contribution in [3.8, 4) is 17.7 Å². The summed E-state index contributed by atoms with van der Waals surface area (Å²) in [4.78, 5) is 19.0. The largest absolute Gasteiger partial charge is 0.459 e. The number of anilines is 2. The average Bonchev–Trinajstić information content (AvgIpc) is 3.61. The molecule has 1 N–H and O–H groups in total. The molecule has 0 saturated carbocycles. The van der Waals surface area contributed by atoms with E-state index in [0.717, 1.165) is 5.56 Å². The maximum Gasteiger partial charge on any atom is 0.266 e. The molecular formula is C24H22N6O3. The van der Waals surface area contributed by atoms with Gasteiger partial charge in [-0.3, -0.25) is 9.48 Å². The van der Waals surface area contributed by atoms with Gasteiger partial charge in [-0.15, -0.1) is 0 Å². The zero-order valence-electron chi connectivity index (χ0n) is 17.8. The van der Waals surface area contributed by atoms with Gasteiger partial charge < -0.3 is 19.1 Å². The number of carbonyl (C=O) groups excluding carboxylic acids is 1. The summed E-state index contributed by atoms with van der Waals surface area (Å²) in [6.45, 7) is 1.83. The van der Waals surface area contributed by atoms with Gasteiger partial charge in [0.15, 0.2) is 5.76 Å². The minimum Gasteiger partial charge on any atom is -0.459 e. The molecule has 9 heteroatoms. The summed E-state index contributed by atoms with van der Waals surface area (Å²) >= 11 is 0. The normalized spacial score (nSPS) is 14.2. The Morgan fingerprint density at radius 2 is 2.00 bits per heavy atom. The Morgan fingerprint density at radius 1 is 1.18 bits per heavy atom. The van der Waals surface area contributed by atoms with E-state index in [1.165, 1.54) is 6.26 Å². The SMILES string of the molecule is N#Cc1nc(-c2ccco2)oc1N1CCC(C(=O)Nc2cnn(Cc3ccccc3)c2)CC1. The molecule has 1 amide bonds. The van der Waals surface area contributed by atoms with Crippen LogP contribution in [-0.4, -0.2) is 33.8 Å². The quantitative estimate of drug-likeness (QED) is 0.482. The van der Waals surface area contributed by atoms with Crippen molar-refractivity contribution >= 4 is 17.5 Å². The molecule has 0 aliphatic carbocycles. The molecule has 1 aliphatic heterocycles. The van der Waals surface area contributed by atoms with Crippen LogP contribution in [0.2, 0.25) is 0 Å². The molecule has 1 fully saturated rings. The third-order valence-electron chi connectivity index (χ3n) is 5.69.